The number of nitrogens with zero attached hydrogens (tertiary/aromatic N) is 2. The highest BCUT2D eigenvalue weighted by Crippen LogP contribution is 2.38. The molecule has 6 heteroatoms. The molecule has 1 aliphatic rings. The standard InChI is InChI=1S/C16H19N3O2S/c1-22(20,21)11-13-4-2-12(3-5-13)10-18-15-8-9-17-16(19-15)14-6-7-14/h2-5,8-9,14H,6-7,10-11H2,1H3,(H,17,18,19). The minimum Gasteiger partial charge on any atom is -0.366 e. The average molecular weight is 317 g/mol. The molecule has 0 spiro atoms. The van der Waals surface area contributed by atoms with Crippen LogP contribution in [0.2, 0.25) is 0 Å². The number of anilines is 1. The fourth-order valence-electron chi connectivity index (χ4n) is 2.26. The van der Waals surface area contributed by atoms with Gasteiger partial charge in [-0.2, -0.15) is 0 Å². The van der Waals surface area contributed by atoms with Crippen LogP contribution in [0.15, 0.2) is 36.5 Å². The Balaban J connectivity index is 1.60. The Hall–Kier alpha value is -1.95. The quantitative estimate of drug-likeness (QED) is 0.886. The molecule has 1 aliphatic carbocycles. The lowest BCUT2D eigenvalue weighted by Gasteiger charge is -2.07. The van der Waals surface area contributed by atoms with Crippen molar-refractivity contribution in [3.05, 3.63) is 53.5 Å². The van der Waals surface area contributed by atoms with E-state index in [0.29, 0.717) is 12.5 Å². The summed E-state index contributed by atoms with van der Waals surface area (Å²) in [5.41, 5.74) is 1.90. The molecule has 0 unspecified atom stereocenters. The maximum absolute atomic E-state index is 11.3. The van der Waals surface area contributed by atoms with Gasteiger partial charge in [0.15, 0.2) is 9.84 Å². The second-order valence-electron chi connectivity index (χ2n) is 5.81. The summed E-state index contributed by atoms with van der Waals surface area (Å²) in [4.78, 5) is 8.81. The molecule has 0 amide bonds. The van der Waals surface area contributed by atoms with E-state index in [4.69, 9.17) is 0 Å². The van der Waals surface area contributed by atoms with Gasteiger partial charge in [-0.15, -0.1) is 0 Å². The van der Waals surface area contributed by atoms with Crippen molar-refractivity contribution in [2.75, 3.05) is 11.6 Å². The van der Waals surface area contributed by atoms with Crippen LogP contribution in [0.1, 0.15) is 35.7 Å². The molecule has 0 radical (unpaired) electrons. The lowest BCUT2D eigenvalue weighted by atomic mass is 10.1. The van der Waals surface area contributed by atoms with E-state index in [1.54, 1.807) is 6.20 Å². The molecule has 22 heavy (non-hydrogen) atoms. The predicted octanol–water partition coefficient (Wildman–Crippen LogP) is 2.51. The zero-order valence-electron chi connectivity index (χ0n) is 12.5. The Labute approximate surface area is 130 Å². The number of hydrogen-bond acceptors (Lipinski definition) is 5. The van der Waals surface area contributed by atoms with E-state index in [1.807, 2.05) is 30.3 Å². The molecule has 3 rings (SSSR count). The Morgan fingerprint density at radius 3 is 2.45 bits per heavy atom. The summed E-state index contributed by atoms with van der Waals surface area (Å²) >= 11 is 0. The zero-order chi connectivity index (χ0) is 15.6. The van der Waals surface area contributed by atoms with Crippen molar-refractivity contribution in [3.63, 3.8) is 0 Å². The average Bonchev–Trinajstić information content (AvgIpc) is 3.30. The summed E-state index contributed by atoms with van der Waals surface area (Å²) in [6.07, 6.45) is 5.41. The van der Waals surface area contributed by atoms with Gasteiger partial charge in [-0.25, -0.2) is 18.4 Å². The van der Waals surface area contributed by atoms with Gasteiger partial charge in [-0.05, 0) is 30.0 Å². The van der Waals surface area contributed by atoms with Crippen LogP contribution in [0.25, 0.3) is 0 Å². The largest absolute Gasteiger partial charge is 0.366 e. The highest BCUT2D eigenvalue weighted by Gasteiger charge is 2.26. The topological polar surface area (TPSA) is 72.0 Å². The van der Waals surface area contributed by atoms with Crippen LogP contribution in [0.4, 0.5) is 5.82 Å². The van der Waals surface area contributed by atoms with Gasteiger partial charge >= 0.3 is 0 Å². The van der Waals surface area contributed by atoms with Crippen LogP contribution in [0, 0.1) is 0 Å². The van der Waals surface area contributed by atoms with Gasteiger partial charge in [0, 0.05) is 24.9 Å². The van der Waals surface area contributed by atoms with Gasteiger partial charge in [-0.1, -0.05) is 24.3 Å². The molecule has 0 aliphatic heterocycles. The van der Waals surface area contributed by atoms with E-state index < -0.39 is 9.84 Å². The summed E-state index contributed by atoms with van der Waals surface area (Å²) in [6, 6.07) is 9.46. The fraction of sp³-hybridized carbons (Fsp3) is 0.375. The Morgan fingerprint density at radius 2 is 1.82 bits per heavy atom. The number of hydrogen-bond donors (Lipinski definition) is 1. The number of rotatable bonds is 6. The van der Waals surface area contributed by atoms with Crippen molar-refractivity contribution >= 4 is 15.7 Å². The third-order valence-corrected chi connectivity index (χ3v) is 4.40. The number of aromatic nitrogens is 2. The third kappa shape index (κ3) is 4.27. The molecule has 1 aromatic carbocycles. The van der Waals surface area contributed by atoms with E-state index >= 15 is 0 Å². The summed E-state index contributed by atoms with van der Waals surface area (Å²) in [5.74, 6) is 2.37. The number of benzene rings is 1. The molecule has 2 aromatic rings. The van der Waals surface area contributed by atoms with E-state index in [9.17, 15) is 8.42 Å². The maximum Gasteiger partial charge on any atom is 0.151 e. The van der Waals surface area contributed by atoms with Gasteiger partial charge < -0.3 is 5.32 Å². The van der Waals surface area contributed by atoms with E-state index in [0.717, 1.165) is 22.8 Å². The lowest BCUT2D eigenvalue weighted by Crippen LogP contribution is -2.04. The smallest absolute Gasteiger partial charge is 0.151 e. The maximum atomic E-state index is 11.3. The molecule has 1 aromatic heterocycles. The van der Waals surface area contributed by atoms with Crippen molar-refractivity contribution in [2.24, 2.45) is 0 Å². The van der Waals surface area contributed by atoms with Crippen LogP contribution in [-0.2, 0) is 22.1 Å². The van der Waals surface area contributed by atoms with Gasteiger partial charge in [0.1, 0.15) is 11.6 Å². The molecule has 116 valence electrons. The highest BCUT2D eigenvalue weighted by molar-refractivity contribution is 7.89. The number of sulfone groups is 1. The zero-order valence-corrected chi connectivity index (χ0v) is 13.3. The van der Waals surface area contributed by atoms with Crippen LogP contribution in [-0.4, -0.2) is 24.6 Å². The molecule has 0 atom stereocenters. The Kier molecular flexibility index (Phi) is 4.11. The minimum absolute atomic E-state index is 0.0807. The van der Waals surface area contributed by atoms with Crippen LogP contribution >= 0.6 is 0 Å². The van der Waals surface area contributed by atoms with Crippen LogP contribution in [0.3, 0.4) is 0 Å². The summed E-state index contributed by atoms with van der Waals surface area (Å²) in [7, 11) is -2.98. The predicted molar refractivity (Wildman–Crippen MR) is 86.3 cm³/mol. The molecule has 5 nitrogen and oxygen atoms in total. The minimum atomic E-state index is -2.98. The van der Waals surface area contributed by atoms with Crippen molar-refractivity contribution in [1.82, 2.24) is 9.97 Å². The fourth-order valence-corrected chi connectivity index (χ4v) is 3.06. The first kappa shape index (κ1) is 15.0. The Bertz CT molecular complexity index is 753. The summed E-state index contributed by atoms with van der Waals surface area (Å²) in [5, 5.41) is 3.28. The van der Waals surface area contributed by atoms with Crippen LogP contribution < -0.4 is 5.32 Å². The van der Waals surface area contributed by atoms with Gasteiger partial charge in [0.05, 0.1) is 5.75 Å². The molecule has 1 heterocycles. The molecule has 0 bridgehead atoms. The van der Waals surface area contributed by atoms with Crippen molar-refractivity contribution in [2.45, 2.75) is 31.1 Å². The van der Waals surface area contributed by atoms with Crippen molar-refractivity contribution in [3.8, 4) is 0 Å². The first-order valence-electron chi connectivity index (χ1n) is 7.32. The number of nitrogens with one attached hydrogen (secondary N) is 1. The summed E-state index contributed by atoms with van der Waals surface area (Å²) in [6.45, 7) is 0.653. The molecule has 1 fully saturated rings. The molecular formula is C16H19N3O2S. The molecule has 1 N–H and O–H groups in total. The summed E-state index contributed by atoms with van der Waals surface area (Å²) < 4.78 is 22.5. The van der Waals surface area contributed by atoms with Gasteiger partial charge in [-0.3, -0.25) is 0 Å². The SMILES string of the molecule is CS(=O)(=O)Cc1ccc(CNc2ccnc(C3CC3)n2)cc1. The highest BCUT2D eigenvalue weighted by atomic mass is 32.2. The second-order valence-corrected chi connectivity index (χ2v) is 7.95. The van der Waals surface area contributed by atoms with E-state index in [1.165, 1.54) is 19.1 Å². The first-order chi connectivity index (χ1) is 10.5. The van der Waals surface area contributed by atoms with Gasteiger partial charge in [0.2, 0.25) is 0 Å². The normalized spacial score (nSPS) is 14.8. The first-order valence-corrected chi connectivity index (χ1v) is 9.38. The molecule has 1 saturated carbocycles. The van der Waals surface area contributed by atoms with Gasteiger partial charge in [0.25, 0.3) is 0 Å². The van der Waals surface area contributed by atoms with Crippen LogP contribution in [0.5, 0.6) is 0 Å². The third-order valence-electron chi connectivity index (χ3n) is 3.54. The van der Waals surface area contributed by atoms with E-state index in [2.05, 4.69) is 15.3 Å². The van der Waals surface area contributed by atoms with Crippen molar-refractivity contribution < 1.29 is 8.42 Å². The second kappa shape index (κ2) is 6.04. The van der Waals surface area contributed by atoms with Crippen molar-refractivity contribution in [1.29, 1.82) is 0 Å². The Morgan fingerprint density at radius 1 is 1.14 bits per heavy atom. The lowest BCUT2D eigenvalue weighted by molar-refractivity contribution is 0.601. The monoisotopic (exact) mass is 317 g/mol. The molecular weight excluding hydrogens is 298 g/mol. The molecule has 0 saturated heterocycles. The van der Waals surface area contributed by atoms with E-state index in [-0.39, 0.29) is 5.75 Å².